The van der Waals surface area contributed by atoms with Crippen molar-refractivity contribution in [1.29, 1.82) is 0 Å². The van der Waals surface area contributed by atoms with Crippen molar-refractivity contribution in [2.75, 3.05) is 20.1 Å². The first-order valence-electron chi connectivity index (χ1n) is 6.58. The van der Waals surface area contributed by atoms with E-state index >= 15 is 0 Å². The molecule has 4 nitrogen and oxygen atoms in total. The van der Waals surface area contributed by atoms with Crippen LogP contribution in [0.1, 0.15) is 25.7 Å². The number of hydrogen-bond acceptors (Lipinski definition) is 3. The van der Waals surface area contributed by atoms with Crippen molar-refractivity contribution in [3.63, 3.8) is 0 Å². The van der Waals surface area contributed by atoms with E-state index < -0.39 is 0 Å². The largest absolute Gasteiger partial charge is 0.354 e. The second-order valence-electron chi connectivity index (χ2n) is 5.27. The molecule has 2 aliphatic rings. The highest BCUT2D eigenvalue weighted by Crippen LogP contribution is 2.17. The minimum atomic E-state index is -0.0149. The first kappa shape index (κ1) is 12.6. The van der Waals surface area contributed by atoms with Gasteiger partial charge in [-0.05, 0) is 32.9 Å². The Morgan fingerprint density at radius 1 is 1.47 bits per heavy atom. The van der Waals surface area contributed by atoms with Gasteiger partial charge in [0.25, 0.3) is 0 Å². The lowest BCUT2D eigenvalue weighted by atomic mass is 10.0. The normalized spacial score (nSPS) is 33.9. The van der Waals surface area contributed by atoms with E-state index in [2.05, 4.69) is 17.3 Å². The zero-order valence-electron chi connectivity index (χ0n) is 10.6. The molecule has 0 aromatic heterocycles. The van der Waals surface area contributed by atoms with Crippen molar-refractivity contribution in [3.05, 3.63) is 12.2 Å². The maximum atomic E-state index is 11.9. The summed E-state index contributed by atoms with van der Waals surface area (Å²) in [4.78, 5) is 14.3. The molecule has 1 aliphatic carbocycles. The summed E-state index contributed by atoms with van der Waals surface area (Å²) in [6.07, 6.45) is 8.37. The molecule has 4 heteroatoms. The molecule has 1 amide bonds. The Kier molecular flexibility index (Phi) is 4.18. The highest BCUT2D eigenvalue weighted by Gasteiger charge is 2.24. The van der Waals surface area contributed by atoms with Crippen LogP contribution in [0.5, 0.6) is 0 Å². The molecular weight excluding hydrogens is 214 g/mol. The molecule has 1 heterocycles. The van der Waals surface area contributed by atoms with E-state index in [0.29, 0.717) is 6.04 Å². The van der Waals surface area contributed by atoms with Gasteiger partial charge >= 0.3 is 0 Å². The number of nitrogens with zero attached hydrogens (tertiary/aromatic N) is 1. The summed E-state index contributed by atoms with van der Waals surface area (Å²) in [6.45, 7) is 1.92. The van der Waals surface area contributed by atoms with Gasteiger partial charge in [-0.3, -0.25) is 4.79 Å². The fraction of sp³-hybridized carbons (Fsp3) is 0.769. The lowest BCUT2D eigenvalue weighted by molar-refractivity contribution is -0.123. The maximum absolute atomic E-state index is 11.9. The van der Waals surface area contributed by atoms with Gasteiger partial charge in [-0.2, -0.15) is 0 Å². The smallest absolute Gasteiger partial charge is 0.227 e. The van der Waals surface area contributed by atoms with Crippen LogP contribution in [0.4, 0.5) is 0 Å². The zero-order chi connectivity index (χ0) is 12.3. The minimum Gasteiger partial charge on any atom is -0.354 e. The molecule has 3 unspecified atom stereocenters. The molecule has 1 saturated heterocycles. The number of carbonyl (C=O) groups is 1. The van der Waals surface area contributed by atoms with Crippen LogP contribution in [0.15, 0.2) is 12.2 Å². The molecule has 2 rings (SSSR count). The average molecular weight is 237 g/mol. The van der Waals surface area contributed by atoms with Gasteiger partial charge in [0, 0.05) is 18.6 Å². The fourth-order valence-corrected chi connectivity index (χ4v) is 2.67. The second-order valence-corrected chi connectivity index (χ2v) is 5.27. The van der Waals surface area contributed by atoms with Crippen molar-refractivity contribution in [1.82, 2.24) is 10.2 Å². The molecule has 0 radical (unpaired) electrons. The van der Waals surface area contributed by atoms with Crippen LogP contribution >= 0.6 is 0 Å². The second kappa shape index (κ2) is 5.65. The van der Waals surface area contributed by atoms with E-state index in [9.17, 15) is 4.79 Å². The van der Waals surface area contributed by atoms with Crippen LogP contribution < -0.4 is 11.1 Å². The van der Waals surface area contributed by atoms with Crippen molar-refractivity contribution < 1.29 is 4.79 Å². The van der Waals surface area contributed by atoms with Crippen molar-refractivity contribution in [2.45, 2.75) is 37.8 Å². The van der Waals surface area contributed by atoms with Gasteiger partial charge in [-0.25, -0.2) is 0 Å². The number of piperidine rings is 1. The third kappa shape index (κ3) is 3.30. The predicted octanol–water partition coefficient (Wildman–Crippen LogP) is 0.490. The third-order valence-corrected chi connectivity index (χ3v) is 3.89. The van der Waals surface area contributed by atoms with E-state index in [1.54, 1.807) is 0 Å². The summed E-state index contributed by atoms with van der Waals surface area (Å²) in [5.74, 6) is 0.118. The topological polar surface area (TPSA) is 58.4 Å². The summed E-state index contributed by atoms with van der Waals surface area (Å²) < 4.78 is 0. The molecule has 17 heavy (non-hydrogen) atoms. The van der Waals surface area contributed by atoms with E-state index in [0.717, 1.165) is 19.5 Å². The Hall–Kier alpha value is -0.870. The number of nitrogens with one attached hydrogen (secondary N) is 1. The number of likely N-dealkylation sites (N-methyl/N-ethyl adjacent to an activating group) is 1. The summed E-state index contributed by atoms with van der Waals surface area (Å²) in [5.41, 5.74) is 5.75. The minimum absolute atomic E-state index is 0.0149. The van der Waals surface area contributed by atoms with E-state index in [-0.39, 0.29) is 17.9 Å². The summed E-state index contributed by atoms with van der Waals surface area (Å²) in [6, 6.07) is 0.565. The number of amides is 1. The maximum Gasteiger partial charge on any atom is 0.227 e. The lowest BCUT2D eigenvalue weighted by Crippen LogP contribution is -2.45. The van der Waals surface area contributed by atoms with Crippen LogP contribution in [0.3, 0.4) is 0 Å². The first-order chi connectivity index (χ1) is 8.16. The van der Waals surface area contributed by atoms with Gasteiger partial charge in [0.2, 0.25) is 5.91 Å². The highest BCUT2D eigenvalue weighted by molar-refractivity contribution is 5.81. The molecule has 3 atom stereocenters. The zero-order valence-corrected chi connectivity index (χ0v) is 10.6. The van der Waals surface area contributed by atoms with E-state index in [4.69, 9.17) is 5.73 Å². The Balaban J connectivity index is 1.74. The van der Waals surface area contributed by atoms with Crippen molar-refractivity contribution in [3.8, 4) is 0 Å². The summed E-state index contributed by atoms with van der Waals surface area (Å²) in [7, 11) is 2.14. The monoisotopic (exact) mass is 237 g/mol. The van der Waals surface area contributed by atoms with Crippen LogP contribution in [0.25, 0.3) is 0 Å². The Bertz CT molecular complexity index is 303. The van der Waals surface area contributed by atoms with Crippen LogP contribution in [-0.4, -0.2) is 43.0 Å². The molecule has 0 aromatic rings. The quantitative estimate of drug-likeness (QED) is 0.702. The van der Waals surface area contributed by atoms with E-state index in [1.807, 2.05) is 12.2 Å². The van der Waals surface area contributed by atoms with Gasteiger partial charge in [-0.1, -0.05) is 18.6 Å². The average Bonchev–Trinajstić information content (AvgIpc) is 2.74. The predicted molar refractivity (Wildman–Crippen MR) is 68.5 cm³/mol. The Morgan fingerprint density at radius 2 is 2.29 bits per heavy atom. The number of likely N-dealkylation sites (tertiary alicyclic amines) is 1. The SMILES string of the molecule is CN1CCCCC1CNC(=O)C1C=CC(N)C1. The van der Waals surface area contributed by atoms with Gasteiger partial charge in [0.1, 0.15) is 0 Å². The molecule has 96 valence electrons. The van der Waals surface area contributed by atoms with Crippen molar-refractivity contribution >= 4 is 5.91 Å². The molecule has 0 saturated carbocycles. The third-order valence-electron chi connectivity index (χ3n) is 3.89. The lowest BCUT2D eigenvalue weighted by Gasteiger charge is -2.32. The first-order valence-corrected chi connectivity index (χ1v) is 6.58. The summed E-state index contributed by atoms with van der Waals surface area (Å²) >= 11 is 0. The van der Waals surface area contributed by atoms with Crippen LogP contribution in [-0.2, 0) is 4.79 Å². The van der Waals surface area contributed by atoms with Crippen LogP contribution in [0, 0.1) is 5.92 Å². The Morgan fingerprint density at radius 3 is 2.94 bits per heavy atom. The molecule has 1 fully saturated rings. The van der Waals surface area contributed by atoms with Gasteiger partial charge in [0.05, 0.1) is 5.92 Å². The van der Waals surface area contributed by atoms with Gasteiger partial charge in [-0.15, -0.1) is 0 Å². The number of carbonyl (C=O) groups excluding carboxylic acids is 1. The summed E-state index contributed by atoms with van der Waals surface area (Å²) in [5, 5.41) is 3.06. The number of hydrogen-bond donors (Lipinski definition) is 2. The van der Waals surface area contributed by atoms with Gasteiger partial charge in [0.15, 0.2) is 0 Å². The molecule has 0 bridgehead atoms. The molecule has 1 aliphatic heterocycles. The van der Waals surface area contributed by atoms with E-state index in [1.165, 1.54) is 19.3 Å². The fourth-order valence-electron chi connectivity index (χ4n) is 2.67. The highest BCUT2D eigenvalue weighted by atomic mass is 16.1. The van der Waals surface area contributed by atoms with Crippen LogP contribution in [0.2, 0.25) is 0 Å². The van der Waals surface area contributed by atoms with Crippen molar-refractivity contribution in [2.24, 2.45) is 11.7 Å². The molecule has 0 spiro atoms. The van der Waals surface area contributed by atoms with Gasteiger partial charge < -0.3 is 16.0 Å². The molecule has 0 aromatic carbocycles. The molecular formula is C13H23N3O. The standard InChI is InChI=1S/C13H23N3O/c1-16-7-3-2-4-12(16)9-15-13(17)10-5-6-11(14)8-10/h5-6,10-12H,2-4,7-9,14H2,1H3,(H,15,17). The molecule has 3 N–H and O–H groups in total. The number of rotatable bonds is 3. The number of nitrogens with two attached hydrogens (primary N) is 1. The Labute approximate surface area is 103 Å².